The number of methoxy groups -OCH3 is 1. The van der Waals surface area contributed by atoms with E-state index < -0.39 is 17.2 Å². The summed E-state index contributed by atoms with van der Waals surface area (Å²) in [5.41, 5.74) is 6.41. The van der Waals surface area contributed by atoms with Gasteiger partial charge in [-0.15, -0.1) is 0 Å². The molecular weight excluding hydrogens is 252 g/mol. The van der Waals surface area contributed by atoms with E-state index in [1.165, 1.54) is 0 Å². The largest absolute Gasteiger partial charge is 0.377 e. The van der Waals surface area contributed by atoms with Crippen LogP contribution in [0.15, 0.2) is 12.1 Å². The lowest BCUT2D eigenvalue weighted by molar-refractivity contribution is 0.173. The molecule has 0 aliphatic carbocycles. The molecule has 0 aliphatic heterocycles. The maximum absolute atomic E-state index is 13.4. The van der Waals surface area contributed by atoms with E-state index in [4.69, 9.17) is 10.5 Å². The Balaban J connectivity index is 2.62. The van der Waals surface area contributed by atoms with Crippen molar-refractivity contribution < 1.29 is 13.5 Å². The highest BCUT2D eigenvalue weighted by Gasteiger charge is 2.19. The second-order valence-corrected chi connectivity index (χ2v) is 5.29. The molecule has 0 atom stereocenters. The lowest BCUT2D eigenvalue weighted by Crippen LogP contribution is -2.37. The molecule has 1 heterocycles. The predicted octanol–water partition coefficient (Wildman–Crippen LogP) is 2.20. The lowest BCUT2D eigenvalue weighted by Gasteiger charge is -2.21. The minimum atomic E-state index is -0.909. The number of halogens is 2. The number of benzene rings is 1. The summed E-state index contributed by atoms with van der Waals surface area (Å²) in [6, 6.07) is 2.23. The Hall–Kier alpha value is -1.53. The smallest absolute Gasteiger partial charge is 0.161 e. The van der Waals surface area contributed by atoms with Crippen LogP contribution >= 0.6 is 0 Å². The van der Waals surface area contributed by atoms with Gasteiger partial charge in [0, 0.05) is 31.3 Å². The van der Waals surface area contributed by atoms with Crippen molar-refractivity contribution in [1.82, 2.24) is 9.55 Å². The quantitative estimate of drug-likeness (QED) is 0.925. The van der Waals surface area contributed by atoms with Crippen LogP contribution in [0, 0.1) is 11.6 Å². The molecule has 0 radical (unpaired) electrons. The van der Waals surface area contributed by atoms with Crippen molar-refractivity contribution in [2.45, 2.75) is 32.5 Å². The van der Waals surface area contributed by atoms with Crippen molar-refractivity contribution in [3.05, 3.63) is 29.6 Å². The van der Waals surface area contributed by atoms with Gasteiger partial charge in [0.1, 0.15) is 12.4 Å². The number of hydrogen-bond acceptors (Lipinski definition) is 3. The molecule has 0 saturated heterocycles. The molecule has 0 bridgehead atoms. The second kappa shape index (κ2) is 4.86. The summed E-state index contributed by atoms with van der Waals surface area (Å²) in [6.07, 6.45) is 0. The van der Waals surface area contributed by atoms with Crippen LogP contribution in [-0.4, -0.2) is 22.2 Å². The zero-order chi connectivity index (χ0) is 14.2. The molecule has 0 spiro atoms. The number of ether oxygens (including phenoxy) is 1. The molecule has 2 N–H and O–H groups in total. The molecule has 2 rings (SSSR count). The molecule has 19 heavy (non-hydrogen) atoms. The van der Waals surface area contributed by atoms with Gasteiger partial charge in [-0.1, -0.05) is 0 Å². The molecular formula is C13H17F2N3O. The molecule has 1 aromatic carbocycles. The summed E-state index contributed by atoms with van der Waals surface area (Å²) in [4.78, 5) is 4.26. The Morgan fingerprint density at radius 1 is 1.32 bits per heavy atom. The Morgan fingerprint density at radius 2 is 1.95 bits per heavy atom. The number of imidazole rings is 1. The van der Waals surface area contributed by atoms with Crippen molar-refractivity contribution in [2.24, 2.45) is 5.73 Å². The van der Waals surface area contributed by atoms with Crippen LogP contribution in [0.3, 0.4) is 0 Å². The van der Waals surface area contributed by atoms with Crippen LogP contribution in [0.2, 0.25) is 0 Å². The van der Waals surface area contributed by atoms with E-state index in [2.05, 4.69) is 4.98 Å². The normalized spacial score (nSPS) is 12.3. The van der Waals surface area contributed by atoms with Crippen molar-refractivity contribution in [1.29, 1.82) is 0 Å². The fraction of sp³-hybridized carbons (Fsp3) is 0.462. The van der Waals surface area contributed by atoms with Gasteiger partial charge in [0.05, 0.1) is 11.0 Å². The summed E-state index contributed by atoms with van der Waals surface area (Å²) in [7, 11) is 1.54. The topological polar surface area (TPSA) is 53.1 Å². The fourth-order valence-corrected chi connectivity index (χ4v) is 1.99. The van der Waals surface area contributed by atoms with Crippen LogP contribution in [0.1, 0.15) is 19.7 Å². The standard InChI is InChI=1S/C13H17F2N3O/c1-13(2,16)7-18-11-5-9(15)8(14)4-10(11)17-12(18)6-19-3/h4-5H,6-7,16H2,1-3H3. The average molecular weight is 269 g/mol. The number of nitrogens with zero attached hydrogens (tertiary/aromatic N) is 2. The molecule has 0 aliphatic rings. The first-order valence-corrected chi connectivity index (χ1v) is 5.94. The second-order valence-electron chi connectivity index (χ2n) is 5.29. The van der Waals surface area contributed by atoms with E-state index in [1.807, 2.05) is 13.8 Å². The Morgan fingerprint density at radius 3 is 2.53 bits per heavy atom. The van der Waals surface area contributed by atoms with E-state index >= 15 is 0 Å². The van der Waals surface area contributed by atoms with E-state index in [1.54, 1.807) is 11.7 Å². The number of rotatable bonds is 4. The van der Waals surface area contributed by atoms with Gasteiger partial charge in [0.25, 0.3) is 0 Å². The maximum Gasteiger partial charge on any atom is 0.161 e. The highest BCUT2D eigenvalue weighted by atomic mass is 19.2. The van der Waals surface area contributed by atoms with Crippen LogP contribution < -0.4 is 5.73 Å². The Kier molecular flexibility index (Phi) is 3.56. The van der Waals surface area contributed by atoms with Crippen LogP contribution in [0.5, 0.6) is 0 Å². The zero-order valence-electron chi connectivity index (χ0n) is 11.2. The van der Waals surface area contributed by atoms with Gasteiger partial charge < -0.3 is 15.0 Å². The summed E-state index contributed by atoms with van der Waals surface area (Å²) in [5.74, 6) is -1.21. The predicted molar refractivity (Wildman–Crippen MR) is 68.6 cm³/mol. The van der Waals surface area contributed by atoms with Crippen molar-refractivity contribution in [2.75, 3.05) is 7.11 Å². The number of nitrogens with two attached hydrogens (primary N) is 1. The zero-order valence-corrected chi connectivity index (χ0v) is 11.2. The maximum atomic E-state index is 13.4. The van der Waals surface area contributed by atoms with Gasteiger partial charge in [0.2, 0.25) is 0 Å². The average Bonchev–Trinajstić information content (AvgIpc) is 2.57. The van der Waals surface area contributed by atoms with Gasteiger partial charge in [-0.05, 0) is 13.8 Å². The highest BCUT2D eigenvalue weighted by molar-refractivity contribution is 5.76. The number of aromatic nitrogens is 2. The molecule has 0 unspecified atom stereocenters. The van der Waals surface area contributed by atoms with Gasteiger partial charge in [0.15, 0.2) is 11.6 Å². The van der Waals surface area contributed by atoms with Crippen LogP contribution in [-0.2, 0) is 17.9 Å². The molecule has 0 fully saturated rings. The molecule has 2 aromatic rings. The summed E-state index contributed by atoms with van der Waals surface area (Å²) >= 11 is 0. The van der Waals surface area contributed by atoms with E-state index in [0.29, 0.717) is 23.4 Å². The van der Waals surface area contributed by atoms with Crippen LogP contribution in [0.4, 0.5) is 8.78 Å². The molecule has 0 saturated carbocycles. The molecule has 0 amide bonds. The SMILES string of the molecule is COCc1nc2cc(F)c(F)cc2n1CC(C)(C)N. The van der Waals surface area contributed by atoms with Gasteiger partial charge >= 0.3 is 0 Å². The van der Waals surface area contributed by atoms with Gasteiger partial charge in [-0.2, -0.15) is 0 Å². The van der Waals surface area contributed by atoms with Crippen molar-refractivity contribution in [3.8, 4) is 0 Å². The molecule has 104 valence electrons. The Labute approximate surface area is 110 Å². The third-order valence-corrected chi connectivity index (χ3v) is 2.71. The van der Waals surface area contributed by atoms with Crippen LogP contribution in [0.25, 0.3) is 11.0 Å². The molecule has 4 nitrogen and oxygen atoms in total. The summed E-state index contributed by atoms with van der Waals surface area (Å²) in [6.45, 7) is 4.41. The number of hydrogen-bond donors (Lipinski definition) is 1. The van der Waals surface area contributed by atoms with Crippen molar-refractivity contribution in [3.63, 3.8) is 0 Å². The van der Waals surface area contributed by atoms with Gasteiger partial charge in [-0.25, -0.2) is 13.8 Å². The first-order chi connectivity index (χ1) is 8.81. The summed E-state index contributed by atoms with van der Waals surface area (Å²) < 4.78 is 33.4. The first-order valence-electron chi connectivity index (χ1n) is 5.94. The minimum absolute atomic E-state index is 0.258. The van der Waals surface area contributed by atoms with E-state index in [0.717, 1.165) is 12.1 Å². The minimum Gasteiger partial charge on any atom is -0.377 e. The highest BCUT2D eigenvalue weighted by Crippen LogP contribution is 2.22. The van der Waals surface area contributed by atoms with E-state index in [-0.39, 0.29) is 6.61 Å². The summed E-state index contributed by atoms with van der Waals surface area (Å²) in [5, 5.41) is 0. The van der Waals surface area contributed by atoms with Crippen molar-refractivity contribution >= 4 is 11.0 Å². The molecule has 1 aromatic heterocycles. The third kappa shape index (κ3) is 2.90. The van der Waals surface area contributed by atoms with E-state index in [9.17, 15) is 8.78 Å². The monoisotopic (exact) mass is 269 g/mol. The lowest BCUT2D eigenvalue weighted by atomic mass is 10.1. The third-order valence-electron chi connectivity index (χ3n) is 2.71. The van der Waals surface area contributed by atoms with Gasteiger partial charge in [-0.3, -0.25) is 0 Å². The Bertz CT molecular complexity index is 602. The number of fused-ring (bicyclic) bond motifs is 1. The first kappa shape index (κ1) is 13.9. The fourth-order valence-electron chi connectivity index (χ4n) is 1.99. The molecule has 6 heteroatoms.